The summed E-state index contributed by atoms with van der Waals surface area (Å²) in [6.07, 6.45) is 0.561. The first-order valence-electron chi connectivity index (χ1n) is 6.87. The highest BCUT2D eigenvalue weighted by Crippen LogP contribution is 2.06. The third-order valence-electron chi connectivity index (χ3n) is 3.50. The monoisotopic (exact) mass is 262 g/mol. The van der Waals surface area contributed by atoms with Gasteiger partial charge in [-0.3, -0.25) is 9.69 Å². The predicted octanol–water partition coefficient (Wildman–Crippen LogP) is 1.33. The van der Waals surface area contributed by atoms with Gasteiger partial charge in [-0.1, -0.05) is 24.3 Å². The Morgan fingerprint density at radius 1 is 1.32 bits per heavy atom. The molecule has 1 heterocycles. The molecule has 0 bridgehead atoms. The summed E-state index contributed by atoms with van der Waals surface area (Å²) in [7, 11) is 0. The van der Waals surface area contributed by atoms with Crippen molar-refractivity contribution in [2.45, 2.75) is 19.9 Å². The van der Waals surface area contributed by atoms with Crippen molar-refractivity contribution in [1.82, 2.24) is 10.2 Å². The Labute approximate surface area is 114 Å². The molecule has 104 valence electrons. The number of carbonyl (C=O) groups is 1. The maximum atomic E-state index is 11.8. The Hall–Kier alpha value is -1.39. The van der Waals surface area contributed by atoms with Crippen molar-refractivity contribution in [3.05, 3.63) is 35.4 Å². The van der Waals surface area contributed by atoms with Gasteiger partial charge in [0, 0.05) is 32.6 Å². The van der Waals surface area contributed by atoms with Crippen LogP contribution in [0.15, 0.2) is 24.3 Å². The Morgan fingerprint density at radius 3 is 2.79 bits per heavy atom. The van der Waals surface area contributed by atoms with Crippen molar-refractivity contribution < 1.29 is 9.53 Å². The van der Waals surface area contributed by atoms with Gasteiger partial charge in [0.15, 0.2) is 0 Å². The van der Waals surface area contributed by atoms with E-state index in [2.05, 4.69) is 29.3 Å². The Balaban J connectivity index is 1.68. The average molecular weight is 262 g/mol. The first kappa shape index (κ1) is 14.0. The zero-order valence-electron chi connectivity index (χ0n) is 11.5. The lowest BCUT2D eigenvalue weighted by Gasteiger charge is -2.26. The molecule has 0 spiro atoms. The van der Waals surface area contributed by atoms with Crippen LogP contribution in [0.4, 0.5) is 0 Å². The summed E-state index contributed by atoms with van der Waals surface area (Å²) in [5, 5.41) is 2.98. The minimum atomic E-state index is 0.120. The van der Waals surface area contributed by atoms with Crippen LogP contribution in [0.2, 0.25) is 0 Å². The van der Waals surface area contributed by atoms with Crippen LogP contribution in [0, 0.1) is 6.92 Å². The number of carbonyl (C=O) groups excluding carboxylic acids is 1. The van der Waals surface area contributed by atoms with Crippen LogP contribution in [-0.4, -0.2) is 43.7 Å². The van der Waals surface area contributed by atoms with E-state index >= 15 is 0 Å². The number of benzene rings is 1. The SMILES string of the molecule is Cc1ccccc1CNC(=O)CCN1CCOCC1. The number of morpholine rings is 1. The van der Waals surface area contributed by atoms with Gasteiger partial charge >= 0.3 is 0 Å². The fourth-order valence-corrected chi connectivity index (χ4v) is 2.18. The smallest absolute Gasteiger partial charge is 0.221 e. The summed E-state index contributed by atoms with van der Waals surface area (Å²) in [6.45, 7) is 6.94. The molecule has 0 saturated carbocycles. The molecule has 19 heavy (non-hydrogen) atoms. The van der Waals surface area contributed by atoms with E-state index in [9.17, 15) is 4.79 Å². The fraction of sp³-hybridized carbons (Fsp3) is 0.533. The van der Waals surface area contributed by atoms with Crippen LogP contribution in [-0.2, 0) is 16.1 Å². The maximum Gasteiger partial charge on any atom is 0.221 e. The van der Waals surface area contributed by atoms with Crippen molar-refractivity contribution in [2.24, 2.45) is 0 Å². The van der Waals surface area contributed by atoms with Gasteiger partial charge in [-0.15, -0.1) is 0 Å². The van der Waals surface area contributed by atoms with Crippen LogP contribution >= 0.6 is 0 Å². The minimum absolute atomic E-state index is 0.120. The molecule has 1 saturated heterocycles. The second kappa shape index (κ2) is 7.26. The molecule has 0 aliphatic carbocycles. The molecule has 0 unspecified atom stereocenters. The van der Waals surface area contributed by atoms with E-state index in [1.165, 1.54) is 11.1 Å². The minimum Gasteiger partial charge on any atom is -0.379 e. The van der Waals surface area contributed by atoms with Gasteiger partial charge in [0.1, 0.15) is 0 Å². The van der Waals surface area contributed by atoms with Gasteiger partial charge in [0.25, 0.3) is 0 Å². The zero-order chi connectivity index (χ0) is 13.5. The molecule has 4 nitrogen and oxygen atoms in total. The molecule has 2 rings (SSSR count). The maximum absolute atomic E-state index is 11.8. The summed E-state index contributed by atoms with van der Waals surface area (Å²) in [5.74, 6) is 0.120. The molecular weight excluding hydrogens is 240 g/mol. The quantitative estimate of drug-likeness (QED) is 0.870. The highest BCUT2D eigenvalue weighted by atomic mass is 16.5. The number of aryl methyl sites for hydroxylation is 1. The summed E-state index contributed by atoms with van der Waals surface area (Å²) in [5.41, 5.74) is 2.40. The Morgan fingerprint density at radius 2 is 2.05 bits per heavy atom. The fourth-order valence-electron chi connectivity index (χ4n) is 2.18. The highest BCUT2D eigenvalue weighted by Gasteiger charge is 2.11. The first-order chi connectivity index (χ1) is 9.25. The van der Waals surface area contributed by atoms with Gasteiger partial charge in [-0.05, 0) is 18.1 Å². The number of amides is 1. The molecule has 1 N–H and O–H groups in total. The number of nitrogens with zero attached hydrogens (tertiary/aromatic N) is 1. The summed E-state index contributed by atoms with van der Waals surface area (Å²) in [4.78, 5) is 14.1. The van der Waals surface area contributed by atoms with E-state index in [4.69, 9.17) is 4.74 Å². The molecule has 0 atom stereocenters. The Bertz CT molecular complexity index is 414. The van der Waals surface area contributed by atoms with Gasteiger partial charge < -0.3 is 10.1 Å². The number of hydrogen-bond donors (Lipinski definition) is 1. The van der Waals surface area contributed by atoms with Crippen molar-refractivity contribution in [3.8, 4) is 0 Å². The molecule has 1 aromatic rings. The standard InChI is InChI=1S/C15H22N2O2/c1-13-4-2-3-5-14(13)12-16-15(18)6-7-17-8-10-19-11-9-17/h2-5H,6-12H2,1H3,(H,16,18). The molecule has 1 aliphatic heterocycles. The lowest BCUT2D eigenvalue weighted by atomic mass is 10.1. The molecule has 4 heteroatoms. The lowest BCUT2D eigenvalue weighted by molar-refractivity contribution is -0.121. The molecule has 1 fully saturated rings. The average Bonchev–Trinajstić information content (AvgIpc) is 2.45. The van der Waals surface area contributed by atoms with Crippen LogP contribution in [0.5, 0.6) is 0 Å². The number of ether oxygens (including phenoxy) is 1. The first-order valence-corrected chi connectivity index (χ1v) is 6.87. The van der Waals surface area contributed by atoms with Crippen LogP contribution in [0.25, 0.3) is 0 Å². The van der Waals surface area contributed by atoms with Gasteiger partial charge in [0.2, 0.25) is 5.91 Å². The van der Waals surface area contributed by atoms with Gasteiger partial charge in [-0.25, -0.2) is 0 Å². The van der Waals surface area contributed by atoms with E-state index in [1.54, 1.807) is 0 Å². The van der Waals surface area contributed by atoms with E-state index in [0.29, 0.717) is 13.0 Å². The highest BCUT2D eigenvalue weighted by molar-refractivity contribution is 5.76. The third-order valence-corrected chi connectivity index (χ3v) is 3.50. The number of hydrogen-bond acceptors (Lipinski definition) is 3. The number of nitrogens with one attached hydrogen (secondary N) is 1. The second-order valence-corrected chi connectivity index (χ2v) is 4.91. The van der Waals surface area contributed by atoms with Crippen molar-refractivity contribution in [3.63, 3.8) is 0 Å². The summed E-state index contributed by atoms with van der Waals surface area (Å²) >= 11 is 0. The Kier molecular flexibility index (Phi) is 5.36. The second-order valence-electron chi connectivity index (χ2n) is 4.91. The summed E-state index contributed by atoms with van der Waals surface area (Å²) in [6, 6.07) is 8.13. The lowest BCUT2D eigenvalue weighted by Crippen LogP contribution is -2.38. The van der Waals surface area contributed by atoms with Crippen molar-refractivity contribution >= 4 is 5.91 Å². The van der Waals surface area contributed by atoms with E-state index < -0.39 is 0 Å². The topological polar surface area (TPSA) is 41.6 Å². The van der Waals surface area contributed by atoms with Gasteiger partial charge in [-0.2, -0.15) is 0 Å². The van der Waals surface area contributed by atoms with E-state index in [-0.39, 0.29) is 5.91 Å². The van der Waals surface area contributed by atoms with Crippen LogP contribution in [0.3, 0.4) is 0 Å². The largest absolute Gasteiger partial charge is 0.379 e. The summed E-state index contributed by atoms with van der Waals surface area (Å²) < 4.78 is 5.28. The normalized spacial score (nSPS) is 16.3. The molecule has 0 radical (unpaired) electrons. The van der Waals surface area contributed by atoms with Gasteiger partial charge in [0.05, 0.1) is 13.2 Å². The molecular formula is C15H22N2O2. The van der Waals surface area contributed by atoms with E-state index in [1.807, 2.05) is 12.1 Å². The molecule has 1 amide bonds. The molecule has 0 aromatic heterocycles. The van der Waals surface area contributed by atoms with Crippen LogP contribution < -0.4 is 5.32 Å². The predicted molar refractivity (Wildman–Crippen MR) is 74.9 cm³/mol. The molecule has 1 aromatic carbocycles. The van der Waals surface area contributed by atoms with Crippen LogP contribution in [0.1, 0.15) is 17.5 Å². The zero-order valence-corrected chi connectivity index (χ0v) is 11.5. The number of rotatable bonds is 5. The van der Waals surface area contributed by atoms with Crippen molar-refractivity contribution in [2.75, 3.05) is 32.8 Å². The molecule has 1 aliphatic rings. The van der Waals surface area contributed by atoms with Crippen molar-refractivity contribution in [1.29, 1.82) is 0 Å². The third kappa shape index (κ3) is 4.65. The van der Waals surface area contributed by atoms with E-state index in [0.717, 1.165) is 32.8 Å².